The summed E-state index contributed by atoms with van der Waals surface area (Å²) in [6.07, 6.45) is 4.03. The number of carbonyl (C=O) groups is 1. The first-order valence-corrected chi connectivity index (χ1v) is 10.3. The molecular formula is C23H28O7. The lowest BCUT2D eigenvalue weighted by atomic mass is 9.93. The molecule has 0 saturated carbocycles. The minimum Gasteiger partial charge on any atom is -0.508 e. The van der Waals surface area contributed by atoms with Crippen molar-refractivity contribution < 1.29 is 34.7 Å². The molecule has 0 radical (unpaired) electrons. The molecule has 3 rings (SSSR count). The quantitative estimate of drug-likeness (QED) is 0.285. The number of fused-ring (bicyclic) bond motifs is 1. The molecule has 1 aliphatic heterocycles. The Morgan fingerprint density at radius 3 is 2.50 bits per heavy atom. The van der Waals surface area contributed by atoms with E-state index in [1.54, 1.807) is 6.07 Å². The fourth-order valence-corrected chi connectivity index (χ4v) is 3.65. The van der Waals surface area contributed by atoms with Gasteiger partial charge in [-0.2, -0.15) is 0 Å². The number of benzene rings is 2. The van der Waals surface area contributed by atoms with Gasteiger partial charge in [-0.15, -0.1) is 0 Å². The molecule has 0 amide bonds. The number of rotatable bonds is 8. The van der Waals surface area contributed by atoms with Gasteiger partial charge in [-0.05, 0) is 18.6 Å². The highest BCUT2D eigenvalue weighted by Crippen LogP contribution is 2.43. The van der Waals surface area contributed by atoms with Crippen LogP contribution in [0.3, 0.4) is 0 Å². The van der Waals surface area contributed by atoms with E-state index in [0.29, 0.717) is 17.5 Å². The molecule has 4 N–H and O–H groups in total. The lowest BCUT2D eigenvalue weighted by Gasteiger charge is -2.34. The number of ether oxygens (including phenoxy) is 2. The average Bonchev–Trinajstić information content (AvgIpc) is 2.70. The maximum absolute atomic E-state index is 12.4. The normalized spacial score (nSPS) is 17.8. The van der Waals surface area contributed by atoms with Crippen molar-refractivity contribution in [3.8, 4) is 28.7 Å². The Bertz CT molecular complexity index is 893. The molecule has 0 aliphatic carbocycles. The lowest BCUT2D eigenvalue weighted by Crippen LogP contribution is -2.34. The maximum Gasteiger partial charge on any atom is 0.306 e. The Balaban J connectivity index is 1.79. The van der Waals surface area contributed by atoms with Gasteiger partial charge in [-0.25, -0.2) is 0 Å². The van der Waals surface area contributed by atoms with E-state index < -0.39 is 12.2 Å². The van der Waals surface area contributed by atoms with Crippen molar-refractivity contribution in [2.45, 2.75) is 64.1 Å². The molecule has 162 valence electrons. The third-order valence-corrected chi connectivity index (χ3v) is 5.26. The van der Waals surface area contributed by atoms with Crippen molar-refractivity contribution in [1.29, 1.82) is 0 Å². The molecule has 0 unspecified atom stereocenters. The smallest absolute Gasteiger partial charge is 0.306 e. The summed E-state index contributed by atoms with van der Waals surface area (Å²) >= 11 is 0. The standard InChI is InChI=1S/C23H28O7/c1-2-3-4-5-6-7-22(28)29-21-13-16-18(26)11-15(24)12-20(16)30-23(21)14-8-9-17(25)19(27)10-14/h8-12,21,23-27H,2-7,13H2,1H3/t21-,23-/m1/s1. The second-order valence-electron chi connectivity index (χ2n) is 7.62. The number of esters is 1. The molecule has 1 aliphatic rings. The fraction of sp³-hybridized carbons (Fsp3) is 0.435. The van der Waals surface area contributed by atoms with E-state index in [1.807, 2.05) is 0 Å². The molecule has 7 heteroatoms. The van der Waals surface area contributed by atoms with Crippen molar-refractivity contribution in [1.82, 2.24) is 0 Å². The predicted octanol–water partition coefficient (Wildman–Crippen LogP) is 4.46. The van der Waals surface area contributed by atoms with Crippen LogP contribution in [0.1, 0.15) is 62.7 Å². The van der Waals surface area contributed by atoms with Crippen LogP contribution < -0.4 is 4.74 Å². The van der Waals surface area contributed by atoms with Crippen LogP contribution in [0.15, 0.2) is 30.3 Å². The molecule has 2 aromatic rings. The Kier molecular flexibility index (Phi) is 6.92. The third-order valence-electron chi connectivity index (χ3n) is 5.26. The summed E-state index contributed by atoms with van der Waals surface area (Å²) in [5.41, 5.74) is 0.937. The van der Waals surface area contributed by atoms with Gasteiger partial charge in [0.15, 0.2) is 17.6 Å². The molecule has 2 atom stereocenters. The van der Waals surface area contributed by atoms with Gasteiger partial charge < -0.3 is 29.9 Å². The van der Waals surface area contributed by atoms with Crippen LogP contribution in [0, 0.1) is 0 Å². The predicted molar refractivity (Wildman–Crippen MR) is 110 cm³/mol. The van der Waals surface area contributed by atoms with Crippen LogP contribution >= 0.6 is 0 Å². The van der Waals surface area contributed by atoms with Crippen molar-refractivity contribution in [3.63, 3.8) is 0 Å². The Hall–Kier alpha value is -3.09. The highest BCUT2D eigenvalue weighted by atomic mass is 16.6. The number of aromatic hydroxyl groups is 4. The zero-order chi connectivity index (χ0) is 21.7. The zero-order valence-electron chi connectivity index (χ0n) is 17.0. The van der Waals surface area contributed by atoms with Crippen molar-refractivity contribution in [3.05, 3.63) is 41.5 Å². The molecule has 0 saturated heterocycles. The summed E-state index contributed by atoms with van der Waals surface area (Å²) in [4.78, 5) is 12.4. The van der Waals surface area contributed by atoms with E-state index >= 15 is 0 Å². The molecule has 0 aromatic heterocycles. The summed E-state index contributed by atoms with van der Waals surface area (Å²) < 4.78 is 11.7. The minimum atomic E-state index is -0.769. The fourth-order valence-electron chi connectivity index (χ4n) is 3.65. The molecular weight excluding hydrogens is 388 g/mol. The molecule has 1 heterocycles. The largest absolute Gasteiger partial charge is 0.508 e. The van der Waals surface area contributed by atoms with Crippen LogP contribution in [0.5, 0.6) is 28.7 Å². The summed E-state index contributed by atoms with van der Waals surface area (Å²) in [5, 5.41) is 39.5. The third kappa shape index (κ3) is 5.09. The Labute approximate surface area is 175 Å². The summed E-state index contributed by atoms with van der Waals surface area (Å²) in [6, 6.07) is 6.84. The first-order valence-electron chi connectivity index (χ1n) is 10.3. The van der Waals surface area contributed by atoms with Crippen LogP contribution in [0.2, 0.25) is 0 Å². The molecule has 0 fully saturated rings. The van der Waals surface area contributed by atoms with Gasteiger partial charge in [-0.3, -0.25) is 4.79 Å². The van der Waals surface area contributed by atoms with Gasteiger partial charge >= 0.3 is 5.97 Å². The highest BCUT2D eigenvalue weighted by Gasteiger charge is 2.36. The average molecular weight is 416 g/mol. The Morgan fingerprint density at radius 1 is 1.00 bits per heavy atom. The SMILES string of the molecule is CCCCCCCC(=O)O[C@@H]1Cc2c(O)cc(O)cc2O[C@@H]1c1ccc(O)c(O)c1. The van der Waals surface area contributed by atoms with E-state index in [-0.39, 0.29) is 41.1 Å². The first-order chi connectivity index (χ1) is 14.4. The monoisotopic (exact) mass is 416 g/mol. The van der Waals surface area contributed by atoms with Crippen LogP contribution in [0.4, 0.5) is 0 Å². The van der Waals surface area contributed by atoms with Gasteiger partial charge in [0.1, 0.15) is 23.4 Å². The van der Waals surface area contributed by atoms with Crippen molar-refractivity contribution in [2.24, 2.45) is 0 Å². The second-order valence-corrected chi connectivity index (χ2v) is 7.62. The number of hydrogen-bond acceptors (Lipinski definition) is 7. The summed E-state index contributed by atoms with van der Waals surface area (Å²) in [6.45, 7) is 2.13. The number of carbonyl (C=O) groups excluding carboxylic acids is 1. The number of hydrogen-bond donors (Lipinski definition) is 4. The summed E-state index contributed by atoms with van der Waals surface area (Å²) in [5.74, 6) is -0.960. The lowest BCUT2D eigenvalue weighted by molar-refractivity contribution is -0.155. The van der Waals surface area contributed by atoms with E-state index in [1.165, 1.54) is 24.3 Å². The van der Waals surface area contributed by atoms with E-state index in [4.69, 9.17) is 9.47 Å². The van der Waals surface area contributed by atoms with Crippen LogP contribution in [0.25, 0.3) is 0 Å². The van der Waals surface area contributed by atoms with Crippen molar-refractivity contribution in [2.75, 3.05) is 0 Å². The van der Waals surface area contributed by atoms with Crippen LogP contribution in [-0.4, -0.2) is 32.5 Å². The maximum atomic E-state index is 12.4. The first kappa shape index (κ1) is 21.6. The number of phenolic OH excluding ortho intramolecular Hbond substituents is 4. The van der Waals surface area contributed by atoms with Crippen LogP contribution in [-0.2, 0) is 16.0 Å². The van der Waals surface area contributed by atoms with Crippen molar-refractivity contribution >= 4 is 5.97 Å². The molecule has 30 heavy (non-hydrogen) atoms. The molecule has 0 bridgehead atoms. The summed E-state index contributed by atoms with van der Waals surface area (Å²) in [7, 11) is 0. The van der Waals surface area contributed by atoms with Gasteiger partial charge in [0.05, 0.1) is 0 Å². The minimum absolute atomic E-state index is 0.141. The van der Waals surface area contributed by atoms with E-state index in [9.17, 15) is 25.2 Å². The topological polar surface area (TPSA) is 116 Å². The number of phenols is 4. The molecule has 7 nitrogen and oxygen atoms in total. The molecule has 2 aromatic carbocycles. The molecule has 0 spiro atoms. The highest BCUT2D eigenvalue weighted by molar-refractivity contribution is 5.69. The van der Waals surface area contributed by atoms with E-state index in [2.05, 4.69) is 6.92 Å². The Morgan fingerprint density at radius 2 is 1.77 bits per heavy atom. The van der Waals surface area contributed by atoms with E-state index in [0.717, 1.165) is 32.1 Å². The number of unbranched alkanes of at least 4 members (excludes halogenated alkanes) is 4. The second kappa shape index (κ2) is 9.61. The van der Waals surface area contributed by atoms with Gasteiger partial charge in [-0.1, -0.05) is 38.7 Å². The van der Waals surface area contributed by atoms with Gasteiger partial charge in [0.25, 0.3) is 0 Å². The zero-order valence-corrected chi connectivity index (χ0v) is 17.0. The van der Waals surface area contributed by atoms with Gasteiger partial charge in [0, 0.05) is 36.1 Å². The van der Waals surface area contributed by atoms with Gasteiger partial charge in [0.2, 0.25) is 0 Å².